The van der Waals surface area contributed by atoms with Gasteiger partial charge in [-0.05, 0) is 34.5 Å². The van der Waals surface area contributed by atoms with Crippen molar-refractivity contribution in [2.45, 2.75) is 6.54 Å². The molecule has 124 valence electrons. The van der Waals surface area contributed by atoms with Gasteiger partial charge in [0.15, 0.2) is 0 Å². The molecule has 0 radical (unpaired) electrons. The van der Waals surface area contributed by atoms with Crippen molar-refractivity contribution in [3.8, 4) is 5.88 Å². The maximum absolute atomic E-state index is 13.7. The van der Waals surface area contributed by atoms with Crippen LogP contribution >= 0.6 is 0 Å². The van der Waals surface area contributed by atoms with Crippen molar-refractivity contribution in [1.82, 2.24) is 4.57 Å². The Morgan fingerprint density at radius 2 is 1.80 bits per heavy atom. The minimum atomic E-state index is -1.37. The average molecular weight is 335 g/mol. The van der Waals surface area contributed by atoms with Crippen LogP contribution in [0.1, 0.15) is 5.56 Å². The smallest absolute Gasteiger partial charge is 0.449 e. The molecule has 3 aromatic carbocycles. The van der Waals surface area contributed by atoms with E-state index in [4.69, 9.17) is 9.84 Å². The van der Waals surface area contributed by atoms with Crippen LogP contribution in [0.5, 0.6) is 5.88 Å². The molecule has 0 atom stereocenters. The molecule has 1 heterocycles. The van der Waals surface area contributed by atoms with E-state index >= 15 is 0 Å². The molecule has 0 aliphatic carbocycles. The minimum Gasteiger partial charge on any atom is -0.449 e. The number of carbonyl (C=O) groups is 1. The number of fused-ring (bicyclic) bond motifs is 2. The van der Waals surface area contributed by atoms with Crippen LogP contribution < -0.4 is 4.74 Å². The summed E-state index contributed by atoms with van der Waals surface area (Å²) in [6.07, 6.45) is -1.37. The lowest BCUT2D eigenvalue weighted by atomic mass is 10.0. The summed E-state index contributed by atoms with van der Waals surface area (Å²) >= 11 is 0. The van der Waals surface area contributed by atoms with Crippen molar-refractivity contribution in [3.63, 3.8) is 0 Å². The van der Waals surface area contributed by atoms with Crippen LogP contribution in [0.15, 0.2) is 66.7 Å². The molecule has 0 aliphatic rings. The van der Waals surface area contributed by atoms with Crippen molar-refractivity contribution < 1.29 is 19.0 Å². The molecule has 4 aromatic rings. The van der Waals surface area contributed by atoms with Crippen LogP contribution in [-0.2, 0) is 6.54 Å². The number of ether oxygens (including phenoxy) is 1. The zero-order valence-corrected chi connectivity index (χ0v) is 13.1. The molecule has 0 saturated carbocycles. The van der Waals surface area contributed by atoms with E-state index in [-0.39, 0.29) is 11.7 Å². The summed E-state index contributed by atoms with van der Waals surface area (Å²) in [4.78, 5) is 11.0. The Labute approximate surface area is 142 Å². The average Bonchev–Trinajstić information content (AvgIpc) is 2.92. The monoisotopic (exact) mass is 335 g/mol. The number of hydrogen-bond acceptors (Lipinski definition) is 2. The lowest BCUT2D eigenvalue weighted by molar-refractivity contribution is 0.141. The number of rotatable bonds is 3. The first-order valence-corrected chi connectivity index (χ1v) is 7.78. The Hall–Kier alpha value is -3.34. The van der Waals surface area contributed by atoms with Crippen LogP contribution in [0.25, 0.3) is 21.7 Å². The first-order valence-electron chi connectivity index (χ1n) is 7.78. The first-order chi connectivity index (χ1) is 12.1. The van der Waals surface area contributed by atoms with Gasteiger partial charge in [-0.3, -0.25) is 0 Å². The molecule has 0 bridgehead atoms. The van der Waals surface area contributed by atoms with E-state index < -0.39 is 6.16 Å². The van der Waals surface area contributed by atoms with E-state index in [0.29, 0.717) is 6.54 Å². The van der Waals surface area contributed by atoms with Gasteiger partial charge in [-0.1, -0.05) is 42.5 Å². The molecular weight excluding hydrogens is 321 g/mol. The standard InChI is InChI=1S/C20H14FNO3/c21-16-9-8-13-5-3-6-15(17(13)11-16)12-22-18-7-2-1-4-14(18)10-19(22)25-20(23)24/h1-11H,12H2,(H,23,24). The highest BCUT2D eigenvalue weighted by Crippen LogP contribution is 2.29. The predicted octanol–water partition coefficient (Wildman–Crippen LogP) is 5.04. The molecule has 0 spiro atoms. The van der Waals surface area contributed by atoms with Crippen LogP contribution in [0.4, 0.5) is 9.18 Å². The van der Waals surface area contributed by atoms with Crippen LogP contribution in [0.2, 0.25) is 0 Å². The van der Waals surface area contributed by atoms with Crippen LogP contribution in [0.3, 0.4) is 0 Å². The molecule has 0 aliphatic heterocycles. The van der Waals surface area contributed by atoms with Crippen LogP contribution in [0, 0.1) is 5.82 Å². The topological polar surface area (TPSA) is 51.5 Å². The number of nitrogens with zero attached hydrogens (tertiary/aromatic N) is 1. The molecule has 1 N–H and O–H groups in total. The number of aromatic nitrogens is 1. The van der Waals surface area contributed by atoms with Gasteiger partial charge >= 0.3 is 6.16 Å². The zero-order chi connectivity index (χ0) is 17.4. The highest BCUT2D eigenvalue weighted by Gasteiger charge is 2.14. The fourth-order valence-electron chi connectivity index (χ4n) is 3.14. The summed E-state index contributed by atoms with van der Waals surface area (Å²) in [5, 5.41) is 11.6. The van der Waals surface area contributed by atoms with Crippen molar-refractivity contribution in [2.24, 2.45) is 0 Å². The van der Waals surface area contributed by atoms with Gasteiger partial charge in [-0.15, -0.1) is 0 Å². The largest absolute Gasteiger partial charge is 0.512 e. The Morgan fingerprint density at radius 3 is 2.64 bits per heavy atom. The Kier molecular flexibility index (Phi) is 3.61. The molecule has 0 saturated heterocycles. The van der Waals surface area contributed by atoms with Gasteiger partial charge in [0.05, 0.1) is 12.1 Å². The first kappa shape index (κ1) is 15.2. The van der Waals surface area contributed by atoms with Crippen molar-refractivity contribution in [1.29, 1.82) is 0 Å². The Morgan fingerprint density at radius 1 is 1.00 bits per heavy atom. The SMILES string of the molecule is O=C(O)Oc1cc2ccccc2n1Cc1cccc2ccc(F)cc12. The fraction of sp³-hybridized carbons (Fsp3) is 0.0500. The Balaban J connectivity index is 1.88. The second kappa shape index (κ2) is 5.94. The molecular formula is C20H14FNO3. The van der Waals surface area contributed by atoms with Crippen molar-refractivity contribution in [3.05, 3.63) is 78.1 Å². The van der Waals surface area contributed by atoms with E-state index in [1.54, 1.807) is 16.7 Å². The molecule has 5 heteroatoms. The van der Waals surface area contributed by atoms with Crippen molar-refractivity contribution >= 4 is 27.8 Å². The summed E-state index contributed by atoms with van der Waals surface area (Å²) in [6, 6.07) is 19.6. The highest BCUT2D eigenvalue weighted by molar-refractivity contribution is 5.87. The minimum absolute atomic E-state index is 0.238. The number of benzene rings is 3. The van der Waals surface area contributed by atoms with Crippen molar-refractivity contribution in [2.75, 3.05) is 0 Å². The molecule has 0 fully saturated rings. The summed E-state index contributed by atoms with van der Waals surface area (Å²) in [5.74, 6) is -0.0681. The zero-order valence-electron chi connectivity index (χ0n) is 13.1. The third kappa shape index (κ3) is 2.80. The maximum Gasteiger partial charge on any atom is 0.512 e. The molecule has 4 rings (SSSR count). The normalized spacial score (nSPS) is 11.1. The van der Waals surface area contributed by atoms with Gasteiger partial charge in [0.1, 0.15) is 5.82 Å². The van der Waals surface area contributed by atoms with Gasteiger partial charge in [0.25, 0.3) is 0 Å². The summed E-state index contributed by atoms with van der Waals surface area (Å²) in [5.41, 5.74) is 1.74. The lowest BCUT2D eigenvalue weighted by Gasteiger charge is -2.12. The lowest BCUT2D eigenvalue weighted by Crippen LogP contribution is -2.09. The van der Waals surface area contributed by atoms with E-state index in [1.807, 2.05) is 42.5 Å². The second-order valence-corrected chi connectivity index (χ2v) is 5.78. The Bertz CT molecular complexity index is 1100. The maximum atomic E-state index is 13.7. The van der Waals surface area contributed by atoms with Gasteiger partial charge in [0, 0.05) is 11.5 Å². The molecule has 0 amide bonds. The van der Waals surface area contributed by atoms with E-state index in [2.05, 4.69) is 0 Å². The number of hydrogen-bond donors (Lipinski definition) is 1. The van der Waals surface area contributed by atoms with Gasteiger partial charge in [-0.2, -0.15) is 0 Å². The number of halogens is 1. The third-order valence-electron chi connectivity index (χ3n) is 4.23. The molecule has 4 nitrogen and oxygen atoms in total. The summed E-state index contributed by atoms with van der Waals surface area (Å²) in [7, 11) is 0. The molecule has 1 aromatic heterocycles. The number of para-hydroxylation sites is 1. The van der Waals surface area contributed by atoms with E-state index in [0.717, 1.165) is 27.2 Å². The molecule has 25 heavy (non-hydrogen) atoms. The van der Waals surface area contributed by atoms with Gasteiger partial charge in [-0.25, -0.2) is 9.18 Å². The third-order valence-corrected chi connectivity index (χ3v) is 4.23. The molecule has 0 unspecified atom stereocenters. The van der Waals surface area contributed by atoms with Gasteiger partial charge < -0.3 is 14.4 Å². The van der Waals surface area contributed by atoms with E-state index in [9.17, 15) is 9.18 Å². The van der Waals surface area contributed by atoms with Gasteiger partial charge in [0.2, 0.25) is 5.88 Å². The fourth-order valence-corrected chi connectivity index (χ4v) is 3.14. The quantitative estimate of drug-likeness (QED) is 0.534. The number of carboxylic acid groups (broad SMARTS) is 1. The van der Waals surface area contributed by atoms with Crippen LogP contribution in [-0.4, -0.2) is 15.8 Å². The predicted molar refractivity (Wildman–Crippen MR) is 93.6 cm³/mol. The summed E-state index contributed by atoms with van der Waals surface area (Å²) in [6.45, 7) is 0.372. The second-order valence-electron chi connectivity index (χ2n) is 5.78. The summed E-state index contributed by atoms with van der Waals surface area (Å²) < 4.78 is 20.4. The highest BCUT2D eigenvalue weighted by atomic mass is 19.1. The van der Waals surface area contributed by atoms with E-state index in [1.165, 1.54) is 12.1 Å².